The van der Waals surface area contributed by atoms with Crippen molar-refractivity contribution in [1.82, 2.24) is 10.6 Å². The number of carbonyl (C=O) groups is 3. The van der Waals surface area contributed by atoms with Crippen LogP contribution in [0, 0.1) is 5.92 Å². The summed E-state index contributed by atoms with van der Waals surface area (Å²) in [6.07, 6.45) is 1.32. The van der Waals surface area contributed by atoms with E-state index in [0.29, 0.717) is 32.5 Å². The van der Waals surface area contributed by atoms with Crippen LogP contribution in [-0.4, -0.2) is 43.1 Å². The topological polar surface area (TPSA) is 93.7 Å². The quantitative estimate of drug-likeness (QED) is 0.335. The van der Waals surface area contributed by atoms with Gasteiger partial charge >= 0.3 is 5.97 Å². The predicted octanol–water partition coefficient (Wildman–Crippen LogP) is 3.80. The fourth-order valence-corrected chi connectivity index (χ4v) is 3.63. The highest BCUT2D eigenvalue weighted by Crippen LogP contribution is 2.17. The summed E-state index contributed by atoms with van der Waals surface area (Å²) in [7, 11) is 1.54. The average molecular weight is 483 g/mol. The van der Waals surface area contributed by atoms with Crippen molar-refractivity contribution < 1.29 is 23.9 Å². The molecule has 0 saturated heterocycles. The summed E-state index contributed by atoms with van der Waals surface area (Å²) in [6.45, 7) is 6.31. The highest BCUT2D eigenvalue weighted by atomic mass is 16.6. The summed E-state index contributed by atoms with van der Waals surface area (Å²) in [5.74, 6) is -1.71. The molecule has 0 saturated carbocycles. The minimum atomic E-state index is -0.745. The number of nitrogens with one attached hydrogen (secondary N) is 2. The van der Waals surface area contributed by atoms with Crippen LogP contribution in [-0.2, 0) is 36.9 Å². The molecule has 7 nitrogen and oxygen atoms in total. The average Bonchev–Trinajstić information content (AvgIpc) is 2.82. The Morgan fingerprint density at radius 3 is 2.06 bits per heavy atom. The molecular formula is C28H38N2O5. The van der Waals surface area contributed by atoms with Gasteiger partial charge in [-0.3, -0.25) is 14.4 Å². The molecule has 7 heteroatoms. The van der Waals surface area contributed by atoms with Gasteiger partial charge in [0, 0.05) is 26.0 Å². The van der Waals surface area contributed by atoms with Crippen LogP contribution >= 0.6 is 0 Å². The SMILES string of the molecule is CNC(=O)[C@H](Cc1ccccc1)NC(=O)[C@H](CCCOCc1ccccc1)CC(=O)OC(C)(C)C. The molecule has 2 aromatic carbocycles. The van der Waals surface area contributed by atoms with Gasteiger partial charge in [0.25, 0.3) is 0 Å². The lowest BCUT2D eigenvalue weighted by molar-refractivity contribution is -0.157. The standard InChI is InChI=1S/C28H38N2O5/c1-28(2,3)35-25(31)19-23(16-11-17-34-20-22-14-9-6-10-15-22)26(32)30-24(27(33)29-4)18-21-12-7-5-8-13-21/h5-10,12-15,23-24H,11,16-20H2,1-4H3,(H,29,33)(H,30,32)/t23-,24+/m1/s1. The van der Waals surface area contributed by atoms with Crippen molar-refractivity contribution in [2.45, 2.75) is 64.7 Å². The zero-order valence-electron chi connectivity index (χ0n) is 21.2. The second-order valence-corrected chi connectivity index (χ2v) is 9.53. The van der Waals surface area contributed by atoms with Crippen LogP contribution in [0.5, 0.6) is 0 Å². The van der Waals surface area contributed by atoms with Crippen LogP contribution in [0.1, 0.15) is 51.2 Å². The minimum absolute atomic E-state index is 0.0619. The summed E-state index contributed by atoms with van der Waals surface area (Å²) < 4.78 is 11.2. The van der Waals surface area contributed by atoms with Crippen molar-refractivity contribution in [3.05, 3.63) is 71.8 Å². The molecule has 0 fully saturated rings. The van der Waals surface area contributed by atoms with Gasteiger partial charge in [0.1, 0.15) is 11.6 Å². The first-order valence-electron chi connectivity index (χ1n) is 12.1. The van der Waals surface area contributed by atoms with Crippen LogP contribution in [0.4, 0.5) is 0 Å². The monoisotopic (exact) mass is 482 g/mol. The largest absolute Gasteiger partial charge is 0.460 e. The van der Waals surface area contributed by atoms with Crippen molar-refractivity contribution >= 4 is 17.8 Å². The Balaban J connectivity index is 2.00. The molecule has 35 heavy (non-hydrogen) atoms. The van der Waals surface area contributed by atoms with Crippen molar-refractivity contribution in [3.8, 4) is 0 Å². The smallest absolute Gasteiger partial charge is 0.307 e. The van der Waals surface area contributed by atoms with E-state index in [1.807, 2.05) is 60.7 Å². The molecule has 0 aliphatic heterocycles. The Morgan fingerprint density at radius 2 is 1.49 bits per heavy atom. The molecule has 2 aromatic rings. The number of hydrogen-bond donors (Lipinski definition) is 2. The molecule has 0 unspecified atom stereocenters. The Labute approximate surface area is 208 Å². The predicted molar refractivity (Wildman–Crippen MR) is 135 cm³/mol. The van der Waals surface area contributed by atoms with E-state index in [2.05, 4.69) is 10.6 Å². The third-order valence-electron chi connectivity index (χ3n) is 5.32. The maximum Gasteiger partial charge on any atom is 0.307 e. The summed E-state index contributed by atoms with van der Waals surface area (Å²) in [5.41, 5.74) is 1.36. The molecular weight excluding hydrogens is 444 g/mol. The van der Waals surface area contributed by atoms with Gasteiger partial charge in [-0.2, -0.15) is 0 Å². The third kappa shape index (κ3) is 11.2. The fourth-order valence-electron chi connectivity index (χ4n) is 3.63. The van der Waals surface area contributed by atoms with Crippen molar-refractivity contribution in [3.63, 3.8) is 0 Å². The lowest BCUT2D eigenvalue weighted by Gasteiger charge is -2.24. The summed E-state index contributed by atoms with van der Waals surface area (Å²) in [4.78, 5) is 38.2. The maximum atomic E-state index is 13.2. The van der Waals surface area contributed by atoms with E-state index in [1.54, 1.807) is 20.8 Å². The van der Waals surface area contributed by atoms with E-state index in [1.165, 1.54) is 7.05 Å². The van der Waals surface area contributed by atoms with E-state index in [9.17, 15) is 14.4 Å². The van der Waals surface area contributed by atoms with Crippen LogP contribution in [0.2, 0.25) is 0 Å². The summed E-state index contributed by atoms with van der Waals surface area (Å²) in [5, 5.41) is 5.46. The third-order valence-corrected chi connectivity index (χ3v) is 5.32. The number of hydrogen-bond acceptors (Lipinski definition) is 5. The number of carbonyl (C=O) groups excluding carboxylic acids is 3. The van der Waals surface area contributed by atoms with E-state index >= 15 is 0 Å². The Bertz CT molecular complexity index is 925. The molecule has 0 spiro atoms. The van der Waals surface area contributed by atoms with Gasteiger partial charge in [0.2, 0.25) is 11.8 Å². The summed E-state index contributed by atoms with van der Waals surface area (Å²) in [6, 6.07) is 18.6. The number of benzene rings is 2. The number of amides is 2. The molecule has 2 amide bonds. The maximum absolute atomic E-state index is 13.2. The van der Waals surface area contributed by atoms with Gasteiger partial charge in [-0.25, -0.2) is 0 Å². The van der Waals surface area contributed by atoms with Crippen molar-refractivity contribution in [1.29, 1.82) is 0 Å². The molecule has 190 valence electrons. The molecule has 0 heterocycles. The fraction of sp³-hybridized carbons (Fsp3) is 0.464. The lowest BCUT2D eigenvalue weighted by Crippen LogP contribution is -2.49. The highest BCUT2D eigenvalue weighted by Gasteiger charge is 2.28. The first-order chi connectivity index (χ1) is 16.7. The van der Waals surface area contributed by atoms with Crippen LogP contribution in [0.25, 0.3) is 0 Å². The van der Waals surface area contributed by atoms with Crippen LogP contribution < -0.4 is 10.6 Å². The summed E-state index contributed by atoms with van der Waals surface area (Å²) >= 11 is 0. The Morgan fingerprint density at radius 1 is 0.886 bits per heavy atom. The van der Waals surface area contributed by atoms with Gasteiger partial charge in [0.05, 0.1) is 13.0 Å². The minimum Gasteiger partial charge on any atom is -0.460 e. The zero-order valence-corrected chi connectivity index (χ0v) is 21.2. The molecule has 2 atom stereocenters. The first kappa shape index (κ1) is 28.1. The van der Waals surface area contributed by atoms with Gasteiger partial charge < -0.3 is 20.1 Å². The van der Waals surface area contributed by atoms with Crippen molar-refractivity contribution in [2.24, 2.45) is 5.92 Å². The van der Waals surface area contributed by atoms with Gasteiger partial charge in [-0.1, -0.05) is 60.7 Å². The molecule has 0 bridgehead atoms. The van der Waals surface area contributed by atoms with Gasteiger partial charge in [-0.15, -0.1) is 0 Å². The molecule has 0 aliphatic carbocycles. The van der Waals surface area contributed by atoms with Crippen molar-refractivity contribution in [2.75, 3.05) is 13.7 Å². The molecule has 2 rings (SSSR count). The number of rotatable bonds is 13. The van der Waals surface area contributed by atoms with E-state index in [4.69, 9.17) is 9.47 Å². The van der Waals surface area contributed by atoms with Crippen LogP contribution in [0.15, 0.2) is 60.7 Å². The number of likely N-dealkylation sites (N-methyl/N-ethyl adjacent to an activating group) is 1. The van der Waals surface area contributed by atoms with Gasteiger partial charge in [0.15, 0.2) is 0 Å². The van der Waals surface area contributed by atoms with E-state index < -0.39 is 23.5 Å². The lowest BCUT2D eigenvalue weighted by atomic mass is 9.97. The van der Waals surface area contributed by atoms with E-state index in [-0.39, 0.29) is 18.2 Å². The normalized spacial score (nSPS) is 12.9. The number of ether oxygens (including phenoxy) is 2. The highest BCUT2D eigenvalue weighted by molar-refractivity contribution is 5.90. The van der Waals surface area contributed by atoms with Gasteiger partial charge in [-0.05, 0) is 44.7 Å². The first-order valence-corrected chi connectivity index (χ1v) is 12.1. The molecule has 2 N–H and O–H groups in total. The van der Waals surface area contributed by atoms with Crippen LogP contribution in [0.3, 0.4) is 0 Å². The second-order valence-electron chi connectivity index (χ2n) is 9.53. The molecule has 0 aromatic heterocycles. The Hall–Kier alpha value is -3.19. The number of esters is 1. The molecule has 0 radical (unpaired) electrons. The zero-order chi connectivity index (χ0) is 25.7. The second kappa shape index (κ2) is 14.3. The molecule has 0 aliphatic rings. The van der Waals surface area contributed by atoms with E-state index in [0.717, 1.165) is 11.1 Å². The Kier molecular flexibility index (Phi) is 11.4.